The molecule has 1 aliphatic rings. The smallest absolute Gasteiger partial charge is 0.257 e. The van der Waals surface area contributed by atoms with Gasteiger partial charge in [-0.1, -0.05) is 12.1 Å². The summed E-state index contributed by atoms with van der Waals surface area (Å²) in [6, 6.07) is 9.36. The van der Waals surface area contributed by atoms with Crippen LogP contribution in [-0.2, 0) is 0 Å². The van der Waals surface area contributed by atoms with Crippen LogP contribution in [0, 0.1) is 11.3 Å². The maximum absolute atomic E-state index is 12.8. The molecule has 7 nitrogen and oxygen atoms in total. The van der Waals surface area contributed by atoms with Crippen molar-refractivity contribution >= 4 is 11.7 Å². The summed E-state index contributed by atoms with van der Waals surface area (Å²) in [4.78, 5) is 24.9. The summed E-state index contributed by atoms with van der Waals surface area (Å²) in [6.07, 6.45) is 3.08. The van der Waals surface area contributed by atoms with Crippen molar-refractivity contribution < 1.29 is 9.53 Å². The molecule has 128 valence electrons. The number of nitriles is 1. The summed E-state index contributed by atoms with van der Waals surface area (Å²) in [5.74, 6) is 1.15. The number of hydrogen-bond donors (Lipinski definition) is 0. The van der Waals surface area contributed by atoms with Crippen LogP contribution in [0.2, 0.25) is 0 Å². The van der Waals surface area contributed by atoms with Gasteiger partial charge in [-0.25, -0.2) is 9.97 Å². The van der Waals surface area contributed by atoms with Crippen LogP contribution < -0.4 is 9.64 Å². The number of amides is 1. The van der Waals surface area contributed by atoms with Gasteiger partial charge in [0, 0.05) is 38.6 Å². The molecule has 0 unspecified atom stereocenters. The highest BCUT2D eigenvalue weighted by atomic mass is 16.5. The summed E-state index contributed by atoms with van der Waals surface area (Å²) in [5, 5.41) is 9.16. The van der Waals surface area contributed by atoms with E-state index in [1.54, 1.807) is 17.2 Å². The number of nitrogens with zero attached hydrogens (tertiary/aromatic N) is 5. The van der Waals surface area contributed by atoms with Crippen LogP contribution in [0.5, 0.6) is 5.75 Å². The predicted molar refractivity (Wildman–Crippen MR) is 92.5 cm³/mol. The average molecular weight is 337 g/mol. The lowest BCUT2D eigenvalue weighted by molar-refractivity contribution is 0.0742. The molecule has 3 rings (SSSR count). The van der Waals surface area contributed by atoms with Crippen LogP contribution in [0.15, 0.2) is 36.7 Å². The van der Waals surface area contributed by atoms with Gasteiger partial charge >= 0.3 is 0 Å². The third kappa shape index (κ3) is 3.53. The molecule has 1 aromatic carbocycles. The first-order valence-corrected chi connectivity index (χ1v) is 8.21. The van der Waals surface area contributed by atoms with Crippen LogP contribution in [0.4, 0.5) is 5.82 Å². The summed E-state index contributed by atoms with van der Waals surface area (Å²) in [7, 11) is 0. The van der Waals surface area contributed by atoms with Crippen molar-refractivity contribution in [3.05, 3.63) is 47.9 Å². The maximum Gasteiger partial charge on any atom is 0.257 e. The molecule has 1 amide bonds. The lowest BCUT2D eigenvalue weighted by Gasteiger charge is -2.35. The average Bonchev–Trinajstić information content (AvgIpc) is 2.68. The first-order valence-electron chi connectivity index (χ1n) is 8.21. The fourth-order valence-corrected chi connectivity index (χ4v) is 2.86. The van der Waals surface area contributed by atoms with E-state index in [1.807, 2.05) is 30.0 Å². The number of para-hydroxylation sites is 1. The Balaban J connectivity index is 1.70. The zero-order chi connectivity index (χ0) is 17.6. The van der Waals surface area contributed by atoms with Crippen LogP contribution >= 0.6 is 0 Å². The highest BCUT2D eigenvalue weighted by Crippen LogP contribution is 2.22. The Bertz CT molecular complexity index is 794. The summed E-state index contributed by atoms with van der Waals surface area (Å²) in [5.41, 5.74) is 0.888. The van der Waals surface area contributed by atoms with Crippen molar-refractivity contribution in [1.29, 1.82) is 5.26 Å². The fourth-order valence-electron chi connectivity index (χ4n) is 2.86. The van der Waals surface area contributed by atoms with Crippen LogP contribution in [0.3, 0.4) is 0 Å². The van der Waals surface area contributed by atoms with E-state index in [1.165, 1.54) is 6.20 Å². The van der Waals surface area contributed by atoms with E-state index >= 15 is 0 Å². The van der Waals surface area contributed by atoms with Crippen molar-refractivity contribution in [2.45, 2.75) is 6.92 Å². The Labute approximate surface area is 146 Å². The second-order valence-corrected chi connectivity index (χ2v) is 5.55. The number of carbonyl (C=O) groups is 1. The van der Waals surface area contributed by atoms with Gasteiger partial charge in [-0.15, -0.1) is 0 Å². The molecule has 0 bridgehead atoms. The van der Waals surface area contributed by atoms with Crippen LogP contribution in [0.1, 0.15) is 23.0 Å². The SMILES string of the molecule is CCOc1ccccc1C(=O)N1CCN(c2nccnc2C#N)CC1. The minimum atomic E-state index is -0.0386. The zero-order valence-corrected chi connectivity index (χ0v) is 14.1. The molecule has 2 aromatic rings. The van der Waals surface area contributed by atoms with Gasteiger partial charge in [0.15, 0.2) is 11.5 Å². The molecule has 1 fully saturated rings. The van der Waals surface area contributed by atoms with Gasteiger partial charge in [0.2, 0.25) is 0 Å². The first-order chi connectivity index (χ1) is 12.2. The lowest BCUT2D eigenvalue weighted by atomic mass is 10.1. The Hall–Kier alpha value is -3.14. The first kappa shape index (κ1) is 16.7. The third-order valence-electron chi connectivity index (χ3n) is 4.07. The molecule has 25 heavy (non-hydrogen) atoms. The molecule has 0 atom stereocenters. The highest BCUT2D eigenvalue weighted by Gasteiger charge is 2.26. The van der Waals surface area contributed by atoms with Crippen molar-refractivity contribution in [2.24, 2.45) is 0 Å². The Morgan fingerprint density at radius 2 is 1.92 bits per heavy atom. The highest BCUT2D eigenvalue weighted by molar-refractivity contribution is 5.97. The summed E-state index contributed by atoms with van der Waals surface area (Å²) >= 11 is 0. The molecule has 1 saturated heterocycles. The molecule has 2 heterocycles. The molecule has 0 aliphatic carbocycles. The minimum Gasteiger partial charge on any atom is -0.493 e. The van der Waals surface area contributed by atoms with E-state index in [2.05, 4.69) is 16.0 Å². The van der Waals surface area contributed by atoms with E-state index in [9.17, 15) is 4.79 Å². The van der Waals surface area contributed by atoms with E-state index in [4.69, 9.17) is 10.00 Å². The summed E-state index contributed by atoms with van der Waals surface area (Å²) in [6.45, 7) is 4.74. The second kappa shape index (κ2) is 7.62. The number of ether oxygens (including phenoxy) is 1. The van der Waals surface area contributed by atoms with Gasteiger partial charge in [-0.2, -0.15) is 5.26 Å². The normalized spacial score (nSPS) is 14.1. The lowest BCUT2D eigenvalue weighted by Crippen LogP contribution is -2.49. The van der Waals surface area contributed by atoms with Crippen molar-refractivity contribution in [2.75, 3.05) is 37.7 Å². The van der Waals surface area contributed by atoms with Crippen molar-refractivity contribution in [3.63, 3.8) is 0 Å². The number of anilines is 1. The monoisotopic (exact) mass is 337 g/mol. The summed E-state index contributed by atoms with van der Waals surface area (Å²) < 4.78 is 5.56. The molecule has 0 N–H and O–H groups in total. The fraction of sp³-hybridized carbons (Fsp3) is 0.333. The molecule has 1 aromatic heterocycles. The number of benzene rings is 1. The van der Waals surface area contributed by atoms with Crippen molar-refractivity contribution in [1.82, 2.24) is 14.9 Å². The van der Waals surface area contributed by atoms with Gasteiger partial charge in [0.1, 0.15) is 11.8 Å². The largest absolute Gasteiger partial charge is 0.493 e. The molecular formula is C18H19N5O2. The molecule has 0 saturated carbocycles. The Morgan fingerprint density at radius 3 is 2.64 bits per heavy atom. The number of carbonyl (C=O) groups excluding carboxylic acids is 1. The van der Waals surface area contributed by atoms with E-state index in [-0.39, 0.29) is 5.91 Å². The van der Waals surface area contributed by atoms with Gasteiger partial charge in [-0.3, -0.25) is 4.79 Å². The maximum atomic E-state index is 12.8. The number of aromatic nitrogens is 2. The van der Waals surface area contributed by atoms with E-state index in [0.29, 0.717) is 55.6 Å². The minimum absolute atomic E-state index is 0.0386. The van der Waals surface area contributed by atoms with Gasteiger partial charge in [-0.05, 0) is 19.1 Å². The van der Waals surface area contributed by atoms with Crippen LogP contribution in [0.25, 0.3) is 0 Å². The van der Waals surface area contributed by atoms with E-state index in [0.717, 1.165) is 0 Å². The van der Waals surface area contributed by atoms with Crippen LogP contribution in [-0.4, -0.2) is 53.6 Å². The van der Waals surface area contributed by atoms with Gasteiger partial charge in [0.05, 0.1) is 12.2 Å². The molecule has 0 spiro atoms. The Morgan fingerprint density at radius 1 is 1.20 bits per heavy atom. The van der Waals surface area contributed by atoms with E-state index < -0.39 is 0 Å². The molecule has 7 heteroatoms. The van der Waals surface area contributed by atoms with Crippen molar-refractivity contribution in [3.8, 4) is 11.8 Å². The number of rotatable bonds is 4. The van der Waals surface area contributed by atoms with Gasteiger partial charge < -0.3 is 14.5 Å². The molecule has 0 radical (unpaired) electrons. The topological polar surface area (TPSA) is 82.3 Å². The molecule has 1 aliphatic heterocycles. The predicted octanol–water partition coefficient (Wildman–Crippen LogP) is 1.71. The number of piperazine rings is 1. The van der Waals surface area contributed by atoms with Gasteiger partial charge in [0.25, 0.3) is 5.91 Å². The second-order valence-electron chi connectivity index (χ2n) is 5.55. The number of hydrogen-bond acceptors (Lipinski definition) is 6. The molecular weight excluding hydrogens is 318 g/mol. The Kier molecular flexibility index (Phi) is 5.09. The zero-order valence-electron chi connectivity index (χ0n) is 14.1. The standard InChI is InChI=1S/C18H19N5O2/c1-2-25-16-6-4-3-5-14(16)18(24)23-11-9-22(10-12-23)17-15(13-19)20-7-8-21-17/h3-8H,2,9-12H2,1H3. The third-order valence-corrected chi connectivity index (χ3v) is 4.07. The quantitative estimate of drug-likeness (QED) is 0.845.